The van der Waals surface area contributed by atoms with Crippen LogP contribution in [-0.2, 0) is 9.59 Å². The van der Waals surface area contributed by atoms with Crippen LogP contribution in [-0.4, -0.2) is 17.9 Å². The van der Waals surface area contributed by atoms with E-state index in [1.807, 2.05) is 0 Å². The van der Waals surface area contributed by atoms with Crippen molar-refractivity contribution in [1.29, 1.82) is 0 Å². The van der Waals surface area contributed by atoms with Gasteiger partial charge in [0.1, 0.15) is 6.04 Å². The number of carbonyl (C=O) groups is 2. The van der Waals surface area contributed by atoms with E-state index in [9.17, 15) is 9.59 Å². The van der Waals surface area contributed by atoms with Gasteiger partial charge in [0.15, 0.2) is 0 Å². The molecule has 0 radical (unpaired) electrons. The number of nitrogens with one attached hydrogen (secondary N) is 1. The van der Waals surface area contributed by atoms with Crippen molar-refractivity contribution in [2.45, 2.75) is 12.5 Å². The van der Waals surface area contributed by atoms with Crippen molar-refractivity contribution in [3.8, 4) is 0 Å². The summed E-state index contributed by atoms with van der Waals surface area (Å²) in [6, 6.07) is 13.1. The van der Waals surface area contributed by atoms with Gasteiger partial charge in [-0.15, -0.1) is 0 Å². The fourth-order valence-electron chi connectivity index (χ4n) is 2.41. The van der Waals surface area contributed by atoms with Gasteiger partial charge in [0.25, 0.3) is 5.91 Å². The van der Waals surface area contributed by atoms with Crippen LogP contribution in [0.5, 0.6) is 0 Å². The molecule has 0 spiro atoms. The smallest absolute Gasteiger partial charge is 0.256 e. The van der Waals surface area contributed by atoms with Gasteiger partial charge in [0.05, 0.1) is 12.1 Å². The van der Waals surface area contributed by atoms with Crippen molar-refractivity contribution in [3.63, 3.8) is 0 Å². The number of amides is 2. The van der Waals surface area contributed by atoms with Gasteiger partial charge in [-0.1, -0.05) is 35.3 Å². The zero-order valence-electron chi connectivity index (χ0n) is 11.4. The molecule has 1 aliphatic rings. The maximum Gasteiger partial charge on any atom is 0.256 e. The largest absolute Gasteiger partial charge is 0.373 e. The molecule has 6 heteroatoms. The molecule has 1 N–H and O–H groups in total. The summed E-state index contributed by atoms with van der Waals surface area (Å²) in [6.45, 7) is 0. The molecule has 3 rings (SSSR count). The van der Waals surface area contributed by atoms with E-state index >= 15 is 0 Å². The molecule has 2 aromatic rings. The topological polar surface area (TPSA) is 49.4 Å². The lowest BCUT2D eigenvalue weighted by atomic mass is 10.2. The van der Waals surface area contributed by atoms with E-state index in [-0.39, 0.29) is 18.2 Å². The lowest BCUT2D eigenvalue weighted by Gasteiger charge is -2.16. The first-order valence-corrected chi connectivity index (χ1v) is 7.44. The summed E-state index contributed by atoms with van der Waals surface area (Å²) in [6.07, 6.45) is 0.0951. The Morgan fingerprint density at radius 1 is 1.00 bits per heavy atom. The number of carbonyl (C=O) groups excluding carboxylic acids is 2. The SMILES string of the molecule is O=C1C[C@H](Nc2cccc(Cl)c2)C(=O)N1c1cccc(Cl)c1. The first-order chi connectivity index (χ1) is 10.5. The van der Waals surface area contributed by atoms with E-state index in [0.717, 1.165) is 4.90 Å². The van der Waals surface area contributed by atoms with Crippen LogP contribution in [0.4, 0.5) is 11.4 Å². The molecule has 2 aromatic carbocycles. The zero-order valence-corrected chi connectivity index (χ0v) is 12.9. The lowest BCUT2D eigenvalue weighted by Crippen LogP contribution is -2.34. The maximum atomic E-state index is 12.5. The normalized spacial score (nSPS) is 17.9. The third kappa shape index (κ3) is 2.93. The summed E-state index contributed by atoms with van der Waals surface area (Å²) in [5.41, 5.74) is 1.18. The summed E-state index contributed by atoms with van der Waals surface area (Å²) in [4.78, 5) is 25.8. The molecule has 1 aliphatic heterocycles. The Hall–Kier alpha value is -2.04. The molecular weight excluding hydrogens is 323 g/mol. The Morgan fingerprint density at radius 3 is 2.36 bits per heavy atom. The summed E-state index contributed by atoms with van der Waals surface area (Å²) >= 11 is 11.8. The molecule has 4 nitrogen and oxygen atoms in total. The zero-order chi connectivity index (χ0) is 15.7. The third-order valence-electron chi connectivity index (χ3n) is 3.38. The van der Waals surface area contributed by atoms with Crippen LogP contribution in [0.15, 0.2) is 48.5 Å². The van der Waals surface area contributed by atoms with Crippen molar-refractivity contribution in [2.24, 2.45) is 0 Å². The third-order valence-corrected chi connectivity index (χ3v) is 3.85. The second kappa shape index (κ2) is 5.99. The standard InChI is InChI=1S/C16H12Cl2N2O2/c17-10-3-1-5-12(7-10)19-14-9-15(21)20(16(14)22)13-6-2-4-11(18)8-13/h1-8,14,19H,9H2/t14-/m0/s1. The van der Waals surface area contributed by atoms with Crippen LogP contribution in [0.1, 0.15) is 6.42 Å². The lowest BCUT2D eigenvalue weighted by molar-refractivity contribution is -0.121. The van der Waals surface area contributed by atoms with E-state index in [1.165, 1.54) is 0 Å². The van der Waals surface area contributed by atoms with Gasteiger partial charge < -0.3 is 5.32 Å². The van der Waals surface area contributed by atoms with Gasteiger partial charge in [-0.3, -0.25) is 9.59 Å². The Kier molecular flexibility index (Phi) is 4.05. The monoisotopic (exact) mass is 334 g/mol. The molecule has 1 atom stereocenters. The highest BCUT2D eigenvalue weighted by Crippen LogP contribution is 2.27. The van der Waals surface area contributed by atoms with Gasteiger partial charge in [-0.25, -0.2) is 4.90 Å². The van der Waals surface area contributed by atoms with Crippen LogP contribution in [0.25, 0.3) is 0 Å². The molecule has 1 saturated heterocycles. The molecule has 2 amide bonds. The summed E-state index contributed by atoms with van der Waals surface area (Å²) in [5, 5.41) is 4.09. The van der Waals surface area contributed by atoms with Crippen LogP contribution < -0.4 is 10.2 Å². The number of nitrogens with zero attached hydrogens (tertiary/aromatic N) is 1. The Labute approximate surface area is 137 Å². The summed E-state index contributed by atoms with van der Waals surface area (Å²) in [5.74, 6) is -0.556. The summed E-state index contributed by atoms with van der Waals surface area (Å²) < 4.78 is 0. The van der Waals surface area contributed by atoms with Gasteiger partial charge in [-0.05, 0) is 36.4 Å². The first-order valence-electron chi connectivity index (χ1n) is 6.69. The van der Waals surface area contributed by atoms with Crippen molar-refractivity contribution < 1.29 is 9.59 Å². The Balaban J connectivity index is 1.82. The average molecular weight is 335 g/mol. The number of hydrogen-bond acceptors (Lipinski definition) is 3. The van der Waals surface area contributed by atoms with Crippen molar-refractivity contribution in [2.75, 3.05) is 10.2 Å². The fourth-order valence-corrected chi connectivity index (χ4v) is 2.79. The number of benzene rings is 2. The van der Waals surface area contributed by atoms with Crippen LogP contribution in [0.3, 0.4) is 0 Å². The molecule has 0 unspecified atom stereocenters. The highest BCUT2D eigenvalue weighted by Gasteiger charge is 2.39. The molecule has 22 heavy (non-hydrogen) atoms. The molecule has 112 valence electrons. The van der Waals surface area contributed by atoms with E-state index in [1.54, 1.807) is 48.5 Å². The highest BCUT2D eigenvalue weighted by molar-refractivity contribution is 6.31. The Bertz CT molecular complexity index is 748. The summed E-state index contributed by atoms with van der Waals surface area (Å²) in [7, 11) is 0. The van der Waals surface area contributed by atoms with Crippen molar-refractivity contribution in [1.82, 2.24) is 0 Å². The van der Waals surface area contributed by atoms with Crippen molar-refractivity contribution in [3.05, 3.63) is 58.6 Å². The predicted molar refractivity (Wildman–Crippen MR) is 87.4 cm³/mol. The van der Waals surface area contributed by atoms with Crippen LogP contribution in [0.2, 0.25) is 10.0 Å². The Morgan fingerprint density at radius 2 is 1.68 bits per heavy atom. The van der Waals surface area contributed by atoms with Gasteiger partial charge in [-0.2, -0.15) is 0 Å². The molecule has 0 aliphatic carbocycles. The van der Waals surface area contributed by atoms with E-state index in [0.29, 0.717) is 21.4 Å². The van der Waals surface area contributed by atoms with E-state index in [4.69, 9.17) is 23.2 Å². The van der Waals surface area contributed by atoms with Gasteiger partial charge in [0, 0.05) is 15.7 Å². The fraction of sp³-hybridized carbons (Fsp3) is 0.125. The van der Waals surface area contributed by atoms with Crippen LogP contribution in [0, 0.1) is 0 Å². The number of rotatable bonds is 3. The molecular formula is C16H12Cl2N2O2. The minimum Gasteiger partial charge on any atom is -0.373 e. The first kappa shape index (κ1) is 14.9. The number of anilines is 2. The molecule has 0 saturated carbocycles. The van der Waals surface area contributed by atoms with E-state index < -0.39 is 6.04 Å². The van der Waals surface area contributed by atoms with Crippen LogP contribution >= 0.6 is 23.2 Å². The minimum atomic E-state index is -0.607. The molecule has 1 fully saturated rings. The van der Waals surface area contributed by atoms with Gasteiger partial charge >= 0.3 is 0 Å². The maximum absolute atomic E-state index is 12.5. The highest BCUT2D eigenvalue weighted by atomic mass is 35.5. The molecule has 0 aromatic heterocycles. The van der Waals surface area contributed by atoms with E-state index in [2.05, 4.69) is 5.32 Å². The number of hydrogen-bond donors (Lipinski definition) is 1. The number of imide groups is 1. The average Bonchev–Trinajstić information content (AvgIpc) is 2.73. The quantitative estimate of drug-likeness (QED) is 0.870. The second-order valence-electron chi connectivity index (χ2n) is 4.96. The van der Waals surface area contributed by atoms with Crippen molar-refractivity contribution >= 4 is 46.4 Å². The van der Waals surface area contributed by atoms with Gasteiger partial charge in [0.2, 0.25) is 5.91 Å². The predicted octanol–water partition coefficient (Wildman–Crippen LogP) is 3.74. The number of halogens is 2. The minimum absolute atomic E-state index is 0.0951. The second-order valence-corrected chi connectivity index (χ2v) is 5.83. The molecule has 0 bridgehead atoms. The molecule has 1 heterocycles.